The zero-order valence-electron chi connectivity index (χ0n) is 17.6. The van der Waals surface area contributed by atoms with Gasteiger partial charge in [-0.1, -0.05) is 35.9 Å². The highest BCUT2D eigenvalue weighted by Crippen LogP contribution is 2.34. The molecule has 0 aliphatic carbocycles. The maximum Gasteiger partial charge on any atom is 0.292 e. The summed E-state index contributed by atoms with van der Waals surface area (Å²) in [6.45, 7) is 3.23. The molecule has 3 aromatic carbocycles. The molecule has 0 spiro atoms. The maximum absolute atomic E-state index is 13.4. The molecule has 1 fully saturated rings. The van der Waals surface area contributed by atoms with Gasteiger partial charge in [0.25, 0.3) is 5.69 Å². The monoisotopic (exact) mass is 452 g/mol. The molecule has 1 atom stereocenters. The molecule has 8 nitrogen and oxygen atoms in total. The van der Waals surface area contributed by atoms with Gasteiger partial charge in [-0.15, -0.1) is 0 Å². The first-order valence-electron chi connectivity index (χ1n) is 10.2. The van der Waals surface area contributed by atoms with Gasteiger partial charge in [0, 0.05) is 37.1 Å². The predicted octanol–water partition coefficient (Wildman–Crippen LogP) is 3.86. The highest BCUT2D eigenvalue weighted by atomic mass is 32.2. The highest BCUT2D eigenvalue weighted by Gasteiger charge is 2.35. The van der Waals surface area contributed by atoms with Crippen molar-refractivity contribution in [1.29, 1.82) is 0 Å². The fourth-order valence-corrected chi connectivity index (χ4v) is 5.50. The van der Waals surface area contributed by atoms with Crippen LogP contribution in [0.5, 0.6) is 0 Å². The molecule has 0 saturated carbocycles. The third-order valence-corrected chi connectivity index (χ3v) is 7.53. The number of hydrogen-bond donors (Lipinski definition) is 2. The third kappa shape index (κ3) is 4.44. The molecule has 0 amide bonds. The lowest BCUT2D eigenvalue weighted by atomic mass is 10.2. The number of anilines is 3. The fourth-order valence-electron chi connectivity index (χ4n) is 3.78. The molecule has 1 aliphatic rings. The second-order valence-electron chi connectivity index (χ2n) is 7.66. The SMILES string of the molecule is Cc1ccc(S(=O)(=O)C2CNCCN2c2ccc([N+](=O)[O-])c(Nc3ccccc3)c2)cc1. The van der Waals surface area contributed by atoms with E-state index in [0.29, 0.717) is 30.2 Å². The summed E-state index contributed by atoms with van der Waals surface area (Å²) in [5.74, 6) is 0. The number of piperazine rings is 1. The molecular formula is C23H24N4O4S. The molecular weight excluding hydrogens is 428 g/mol. The highest BCUT2D eigenvalue weighted by molar-refractivity contribution is 7.92. The van der Waals surface area contributed by atoms with Crippen molar-refractivity contribution in [2.24, 2.45) is 0 Å². The first-order chi connectivity index (χ1) is 15.4. The molecule has 1 unspecified atom stereocenters. The molecule has 3 aromatic rings. The molecule has 0 aromatic heterocycles. The number of rotatable bonds is 6. The Morgan fingerprint density at radius 1 is 1.06 bits per heavy atom. The summed E-state index contributed by atoms with van der Waals surface area (Å²) < 4.78 is 26.9. The van der Waals surface area contributed by atoms with E-state index >= 15 is 0 Å². The van der Waals surface area contributed by atoms with E-state index in [-0.39, 0.29) is 17.1 Å². The molecule has 166 valence electrons. The standard InChI is InChI=1S/C23H24N4O4S/c1-17-7-10-20(11-8-17)32(30,31)23-16-24-13-14-26(23)19-9-12-22(27(28)29)21(15-19)25-18-5-3-2-4-6-18/h2-12,15,23-25H,13-14,16H2,1H3. The first-order valence-corrected chi connectivity index (χ1v) is 11.8. The molecule has 1 heterocycles. The summed E-state index contributed by atoms with van der Waals surface area (Å²) in [4.78, 5) is 13.2. The van der Waals surface area contributed by atoms with Crippen molar-refractivity contribution in [2.45, 2.75) is 17.2 Å². The Morgan fingerprint density at radius 3 is 2.47 bits per heavy atom. The van der Waals surface area contributed by atoms with Crippen LogP contribution in [0.2, 0.25) is 0 Å². The first kappa shape index (κ1) is 21.8. The van der Waals surface area contributed by atoms with Crippen LogP contribution >= 0.6 is 0 Å². The number of hydrogen-bond acceptors (Lipinski definition) is 7. The predicted molar refractivity (Wildman–Crippen MR) is 125 cm³/mol. The average Bonchev–Trinajstić information content (AvgIpc) is 2.80. The smallest absolute Gasteiger partial charge is 0.292 e. The van der Waals surface area contributed by atoms with E-state index < -0.39 is 20.1 Å². The summed E-state index contributed by atoms with van der Waals surface area (Å²) >= 11 is 0. The fraction of sp³-hybridized carbons (Fsp3) is 0.217. The lowest BCUT2D eigenvalue weighted by molar-refractivity contribution is -0.383. The molecule has 4 rings (SSSR count). The van der Waals surface area contributed by atoms with Gasteiger partial charge >= 0.3 is 0 Å². The zero-order chi connectivity index (χ0) is 22.7. The van der Waals surface area contributed by atoms with Crippen LogP contribution in [-0.2, 0) is 9.84 Å². The van der Waals surface area contributed by atoms with Crippen LogP contribution in [0.25, 0.3) is 0 Å². The lowest BCUT2D eigenvalue weighted by Crippen LogP contribution is -2.55. The summed E-state index contributed by atoms with van der Waals surface area (Å²) in [6, 6.07) is 20.6. The maximum atomic E-state index is 13.4. The minimum Gasteiger partial charge on any atom is -0.352 e. The molecule has 32 heavy (non-hydrogen) atoms. The van der Waals surface area contributed by atoms with Gasteiger partial charge in [-0.3, -0.25) is 10.1 Å². The molecule has 1 saturated heterocycles. The summed E-state index contributed by atoms with van der Waals surface area (Å²) in [6.07, 6.45) is 0. The van der Waals surface area contributed by atoms with Crippen molar-refractivity contribution in [2.75, 3.05) is 29.9 Å². The minimum atomic E-state index is -3.67. The van der Waals surface area contributed by atoms with Crippen LogP contribution in [0.15, 0.2) is 77.7 Å². The van der Waals surface area contributed by atoms with E-state index in [2.05, 4.69) is 10.6 Å². The molecule has 0 radical (unpaired) electrons. The van der Waals surface area contributed by atoms with Crippen molar-refractivity contribution >= 4 is 32.6 Å². The van der Waals surface area contributed by atoms with Gasteiger partial charge in [0.15, 0.2) is 0 Å². The Hall–Kier alpha value is -3.43. The number of nitrogens with zero attached hydrogens (tertiary/aromatic N) is 2. The molecule has 0 bridgehead atoms. The number of sulfone groups is 1. The van der Waals surface area contributed by atoms with Crippen molar-refractivity contribution < 1.29 is 13.3 Å². The normalized spacial score (nSPS) is 16.5. The van der Waals surface area contributed by atoms with Crippen molar-refractivity contribution in [3.63, 3.8) is 0 Å². The van der Waals surface area contributed by atoms with Crippen LogP contribution in [0.1, 0.15) is 5.56 Å². The summed E-state index contributed by atoms with van der Waals surface area (Å²) in [5, 5.41) is 17.0. The third-order valence-electron chi connectivity index (χ3n) is 5.47. The average molecular weight is 453 g/mol. The van der Waals surface area contributed by atoms with Crippen LogP contribution in [0.4, 0.5) is 22.7 Å². The lowest BCUT2D eigenvalue weighted by Gasteiger charge is -2.37. The summed E-state index contributed by atoms with van der Waals surface area (Å²) in [7, 11) is -3.67. The van der Waals surface area contributed by atoms with Crippen LogP contribution in [0.3, 0.4) is 0 Å². The zero-order valence-corrected chi connectivity index (χ0v) is 18.4. The van der Waals surface area contributed by atoms with E-state index in [0.717, 1.165) is 5.56 Å². The molecule has 1 aliphatic heterocycles. The van der Waals surface area contributed by atoms with Crippen LogP contribution < -0.4 is 15.5 Å². The quantitative estimate of drug-likeness (QED) is 0.432. The van der Waals surface area contributed by atoms with Crippen molar-refractivity contribution in [1.82, 2.24) is 5.32 Å². The van der Waals surface area contributed by atoms with Gasteiger partial charge in [0.2, 0.25) is 9.84 Å². The van der Waals surface area contributed by atoms with Crippen molar-refractivity contribution in [3.8, 4) is 0 Å². The number of benzene rings is 3. The number of nitro groups is 1. The van der Waals surface area contributed by atoms with Gasteiger partial charge in [0.05, 0.1) is 9.82 Å². The summed E-state index contributed by atoms with van der Waals surface area (Å²) in [5.41, 5.74) is 2.53. The number of nitrogens with one attached hydrogen (secondary N) is 2. The Bertz CT molecular complexity index is 1210. The largest absolute Gasteiger partial charge is 0.352 e. The van der Waals surface area contributed by atoms with Crippen molar-refractivity contribution in [3.05, 3.63) is 88.5 Å². The van der Waals surface area contributed by atoms with Crippen LogP contribution in [0, 0.1) is 17.0 Å². The minimum absolute atomic E-state index is 0.0781. The molecule has 2 N–H and O–H groups in total. The van der Waals surface area contributed by atoms with Gasteiger partial charge in [-0.25, -0.2) is 8.42 Å². The van der Waals surface area contributed by atoms with E-state index in [1.165, 1.54) is 6.07 Å². The number of para-hydroxylation sites is 1. The Morgan fingerprint density at radius 2 is 1.78 bits per heavy atom. The Labute approximate surface area is 187 Å². The van der Waals surface area contributed by atoms with E-state index in [9.17, 15) is 18.5 Å². The Balaban J connectivity index is 1.72. The molecule has 9 heteroatoms. The van der Waals surface area contributed by atoms with E-state index in [1.54, 1.807) is 41.3 Å². The van der Waals surface area contributed by atoms with Crippen LogP contribution in [-0.4, -0.2) is 38.3 Å². The van der Waals surface area contributed by atoms with Gasteiger partial charge in [0.1, 0.15) is 11.1 Å². The second-order valence-corrected chi connectivity index (χ2v) is 9.77. The van der Waals surface area contributed by atoms with Gasteiger partial charge in [-0.2, -0.15) is 0 Å². The number of aryl methyl sites for hydroxylation is 1. The van der Waals surface area contributed by atoms with E-state index in [1.807, 2.05) is 37.3 Å². The Kier molecular flexibility index (Phi) is 6.11. The topological polar surface area (TPSA) is 105 Å². The van der Waals surface area contributed by atoms with E-state index in [4.69, 9.17) is 0 Å². The second kappa shape index (κ2) is 8.97. The van der Waals surface area contributed by atoms with Gasteiger partial charge in [-0.05, 0) is 43.3 Å². The number of nitro benzene ring substituents is 1. The van der Waals surface area contributed by atoms with Gasteiger partial charge < -0.3 is 15.5 Å².